The molecule has 1 amide bonds. The number of nitrogens with one attached hydrogen (secondary N) is 2. The first-order valence-electron chi connectivity index (χ1n) is 8.51. The zero-order valence-electron chi connectivity index (χ0n) is 15.8. The van der Waals surface area contributed by atoms with E-state index in [2.05, 4.69) is 20.5 Å². The van der Waals surface area contributed by atoms with Crippen LogP contribution in [0.5, 0.6) is 0 Å². The average Bonchev–Trinajstić information content (AvgIpc) is 2.75. The molecule has 3 rings (SSSR count). The molecule has 0 atom stereocenters. The van der Waals surface area contributed by atoms with Crippen LogP contribution < -0.4 is 10.9 Å². The maximum Gasteiger partial charge on any atom is 0.490 e. The van der Waals surface area contributed by atoms with E-state index in [1.165, 1.54) is 12.1 Å². The first-order valence-corrected chi connectivity index (χ1v) is 8.51. The summed E-state index contributed by atoms with van der Waals surface area (Å²) in [5, 5.41) is 15.8. The minimum atomic E-state index is -5.08. The van der Waals surface area contributed by atoms with Crippen LogP contribution in [0.3, 0.4) is 0 Å². The molecule has 0 aliphatic heterocycles. The van der Waals surface area contributed by atoms with Crippen LogP contribution in [-0.4, -0.2) is 38.3 Å². The van der Waals surface area contributed by atoms with Gasteiger partial charge in [0.1, 0.15) is 5.56 Å². The van der Waals surface area contributed by atoms with Gasteiger partial charge in [0.15, 0.2) is 11.6 Å². The second kappa shape index (κ2) is 10.2. The molecule has 1 aromatic carbocycles. The zero-order chi connectivity index (χ0) is 23.9. The van der Waals surface area contributed by atoms with Crippen molar-refractivity contribution in [2.24, 2.45) is 0 Å². The van der Waals surface area contributed by atoms with Gasteiger partial charge in [0.25, 0.3) is 11.5 Å². The van der Waals surface area contributed by atoms with Crippen molar-refractivity contribution in [2.75, 3.05) is 0 Å². The molecule has 0 saturated heterocycles. The summed E-state index contributed by atoms with van der Waals surface area (Å²) >= 11 is 0. The molecule has 32 heavy (non-hydrogen) atoms. The van der Waals surface area contributed by atoms with Crippen LogP contribution in [0.15, 0.2) is 53.6 Å². The molecule has 0 aliphatic carbocycles. The van der Waals surface area contributed by atoms with Crippen molar-refractivity contribution in [3.63, 3.8) is 0 Å². The molecule has 0 unspecified atom stereocenters. The number of carbonyl (C=O) groups excluding carboxylic acids is 1. The van der Waals surface area contributed by atoms with E-state index in [1.54, 1.807) is 24.5 Å². The van der Waals surface area contributed by atoms with Crippen LogP contribution in [0, 0.1) is 11.6 Å². The molecule has 3 aromatic rings. The van der Waals surface area contributed by atoms with Crippen molar-refractivity contribution in [1.29, 1.82) is 0 Å². The Morgan fingerprint density at radius 2 is 1.66 bits per heavy atom. The molecule has 0 bridgehead atoms. The van der Waals surface area contributed by atoms with E-state index in [1.807, 2.05) is 0 Å². The smallest absolute Gasteiger partial charge is 0.475 e. The van der Waals surface area contributed by atoms with Crippen molar-refractivity contribution in [3.8, 4) is 11.3 Å². The van der Waals surface area contributed by atoms with Gasteiger partial charge in [-0.15, -0.1) is 0 Å². The first kappa shape index (κ1) is 24.1. The Bertz CT molecular complexity index is 1170. The van der Waals surface area contributed by atoms with E-state index in [9.17, 15) is 31.5 Å². The van der Waals surface area contributed by atoms with Crippen LogP contribution in [-0.2, 0) is 11.3 Å². The predicted octanol–water partition coefficient (Wildman–Crippen LogP) is 2.67. The van der Waals surface area contributed by atoms with Gasteiger partial charge in [-0.25, -0.2) is 18.7 Å². The third-order valence-corrected chi connectivity index (χ3v) is 3.70. The van der Waals surface area contributed by atoms with Crippen molar-refractivity contribution in [1.82, 2.24) is 20.5 Å². The fraction of sp³-hybridized carbons (Fsp3) is 0.105. The van der Waals surface area contributed by atoms with Crippen LogP contribution in [0.1, 0.15) is 15.9 Å². The number of alkyl halides is 3. The highest BCUT2D eigenvalue weighted by molar-refractivity contribution is 5.94. The Labute approximate surface area is 175 Å². The normalized spacial score (nSPS) is 10.7. The average molecular weight is 456 g/mol. The molecular weight excluding hydrogens is 443 g/mol. The highest BCUT2D eigenvalue weighted by Gasteiger charge is 2.38. The van der Waals surface area contributed by atoms with Crippen molar-refractivity contribution < 1.29 is 36.6 Å². The molecule has 2 heterocycles. The van der Waals surface area contributed by atoms with Crippen LogP contribution in [0.25, 0.3) is 11.3 Å². The number of aromatic amines is 1. The number of pyridine rings is 1. The SMILES string of the molecule is O=C(NCc1ccc(F)c(F)c1)c1cc(-c2ccncc2)n[nH]c1=O.O=C(O)C(F)(F)F. The summed E-state index contributed by atoms with van der Waals surface area (Å²) in [6.07, 6.45) is -1.96. The van der Waals surface area contributed by atoms with Crippen LogP contribution in [0.2, 0.25) is 0 Å². The van der Waals surface area contributed by atoms with E-state index in [0.29, 0.717) is 16.8 Å². The van der Waals surface area contributed by atoms with Crippen molar-refractivity contribution in [2.45, 2.75) is 12.7 Å². The number of H-pyrrole nitrogens is 1. The van der Waals surface area contributed by atoms with E-state index >= 15 is 0 Å². The largest absolute Gasteiger partial charge is 0.490 e. The van der Waals surface area contributed by atoms with Gasteiger partial charge in [0, 0.05) is 24.5 Å². The van der Waals surface area contributed by atoms with E-state index in [0.717, 1.165) is 12.1 Å². The number of hydrogen-bond acceptors (Lipinski definition) is 5. The fourth-order valence-corrected chi connectivity index (χ4v) is 2.17. The number of halogens is 5. The van der Waals surface area contributed by atoms with E-state index < -0.39 is 35.2 Å². The molecule has 13 heteroatoms. The number of amides is 1. The van der Waals surface area contributed by atoms with Crippen LogP contribution in [0.4, 0.5) is 22.0 Å². The van der Waals surface area contributed by atoms with Crippen molar-refractivity contribution in [3.05, 3.63) is 81.9 Å². The molecule has 0 radical (unpaired) electrons. The molecule has 0 saturated carbocycles. The minimum Gasteiger partial charge on any atom is -0.475 e. The van der Waals surface area contributed by atoms with Gasteiger partial charge in [-0.3, -0.25) is 14.6 Å². The molecule has 2 aromatic heterocycles. The lowest BCUT2D eigenvalue weighted by Crippen LogP contribution is -2.29. The number of aliphatic carboxylic acids is 1. The van der Waals surface area contributed by atoms with E-state index in [4.69, 9.17) is 9.90 Å². The summed E-state index contributed by atoms with van der Waals surface area (Å²) in [4.78, 5) is 36.9. The van der Waals surface area contributed by atoms with Gasteiger partial charge >= 0.3 is 12.1 Å². The standard InChI is InChI=1S/C17H12F2N4O2.C2HF3O2/c18-13-2-1-10(7-14(13)19)9-21-16(24)12-8-15(22-23-17(12)25)11-3-5-20-6-4-11;3-2(4,5)1(6)7/h1-8H,9H2,(H,21,24)(H,23,25);(H,6,7). The zero-order valence-corrected chi connectivity index (χ0v) is 15.8. The lowest BCUT2D eigenvalue weighted by atomic mass is 10.1. The fourth-order valence-electron chi connectivity index (χ4n) is 2.17. The molecular formula is C19H13F5N4O4. The quantitative estimate of drug-likeness (QED) is 0.519. The topological polar surface area (TPSA) is 125 Å². The third kappa shape index (κ3) is 6.68. The summed E-state index contributed by atoms with van der Waals surface area (Å²) in [7, 11) is 0. The van der Waals surface area contributed by atoms with Crippen LogP contribution >= 0.6 is 0 Å². The van der Waals surface area contributed by atoms with Crippen molar-refractivity contribution >= 4 is 11.9 Å². The minimum absolute atomic E-state index is 0.0532. The predicted molar refractivity (Wildman–Crippen MR) is 99.3 cm³/mol. The lowest BCUT2D eigenvalue weighted by molar-refractivity contribution is -0.192. The Balaban J connectivity index is 0.000000451. The summed E-state index contributed by atoms with van der Waals surface area (Å²) in [6.45, 7) is -0.0532. The van der Waals surface area contributed by atoms with Gasteiger partial charge in [-0.1, -0.05) is 6.07 Å². The molecule has 0 fully saturated rings. The molecule has 3 N–H and O–H groups in total. The maximum absolute atomic E-state index is 13.2. The number of aromatic nitrogens is 3. The Hall–Kier alpha value is -4.16. The number of nitrogens with zero attached hydrogens (tertiary/aromatic N) is 2. The second-order valence-electron chi connectivity index (χ2n) is 5.97. The lowest BCUT2D eigenvalue weighted by Gasteiger charge is -2.06. The number of carboxylic acids is 1. The molecule has 8 nitrogen and oxygen atoms in total. The van der Waals surface area contributed by atoms with Gasteiger partial charge in [-0.05, 0) is 35.9 Å². The summed E-state index contributed by atoms with van der Waals surface area (Å²) in [5.74, 6) is -5.38. The number of carboxylic acid groups (broad SMARTS) is 1. The maximum atomic E-state index is 13.2. The highest BCUT2D eigenvalue weighted by Crippen LogP contribution is 2.15. The summed E-state index contributed by atoms with van der Waals surface area (Å²) < 4.78 is 57.8. The molecule has 0 aliphatic rings. The molecule has 168 valence electrons. The number of rotatable bonds is 4. The van der Waals surface area contributed by atoms with Gasteiger partial charge in [0.05, 0.1) is 5.69 Å². The summed E-state index contributed by atoms with van der Waals surface area (Å²) in [6, 6.07) is 8.02. The van der Waals surface area contributed by atoms with Gasteiger partial charge < -0.3 is 10.4 Å². The first-order chi connectivity index (χ1) is 15.0. The second-order valence-corrected chi connectivity index (χ2v) is 5.97. The number of carbonyl (C=O) groups is 2. The monoisotopic (exact) mass is 456 g/mol. The van der Waals surface area contributed by atoms with E-state index in [-0.39, 0.29) is 12.1 Å². The number of hydrogen-bond donors (Lipinski definition) is 3. The highest BCUT2D eigenvalue weighted by atomic mass is 19.4. The van der Waals surface area contributed by atoms with Gasteiger partial charge in [0.2, 0.25) is 0 Å². The Morgan fingerprint density at radius 3 is 2.22 bits per heavy atom. The Morgan fingerprint density at radius 1 is 1.03 bits per heavy atom. The summed E-state index contributed by atoms with van der Waals surface area (Å²) in [5.41, 5.74) is 0.665. The third-order valence-electron chi connectivity index (χ3n) is 3.70. The number of benzene rings is 1. The Kier molecular flexibility index (Phi) is 7.71. The molecule has 0 spiro atoms. The van der Waals surface area contributed by atoms with Gasteiger partial charge in [-0.2, -0.15) is 18.3 Å².